The number of carbonyl (C=O) groups is 1. The molecule has 0 N–H and O–H groups in total. The number of rotatable bonds is 6. The van der Waals surface area contributed by atoms with Gasteiger partial charge >= 0.3 is 0 Å². The minimum Gasteiger partial charge on any atom is -0.379 e. The maximum Gasteiger partial charge on any atom is 0.194 e. The Morgan fingerprint density at radius 1 is 0.875 bits per heavy atom. The quantitative estimate of drug-likeness (QED) is 0.473. The maximum atomic E-state index is 13.1. The van der Waals surface area contributed by atoms with E-state index in [-0.39, 0.29) is 11.6 Å². The van der Waals surface area contributed by atoms with E-state index in [1.807, 2.05) is 12.3 Å². The summed E-state index contributed by atoms with van der Waals surface area (Å²) in [6.45, 7) is 13.8. The Morgan fingerprint density at radius 2 is 1.38 bits per heavy atom. The van der Waals surface area contributed by atoms with E-state index >= 15 is 0 Å². The number of nitrogens with zero attached hydrogens (tertiary/aromatic N) is 1. The first-order valence-corrected chi connectivity index (χ1v) is 10.9. The average molecular weight is 346 g/mol. The smallest absolute Gasteiger partial charge is 0.194 e. The van der Waals surface area contributed by atoms with E-state index in [1.54, 1.807) is 12.1 Å². The van der Waals surface area contributed by atoms with Crippen molar-refractivity contribution in [3.63, 3.8) is 0 Å². The zero-order valence-corrected chi connectivity index (χ0v) is 16.5. The third-order valence-corrected chi connectivity index (χ3v) is 12.0. The Bertz CT molecular complexity index is 679. The maximum absolute atomic E-state index is 13.1. The lowest BCUT2D eigenvalue weighted by atomic mass is 10.1. The molecule has 0 saturated heterocycles. The molecule has 0 saturated carbocycles. The molecule has 24 heavy (non-hydrogen) atoms. The van der Waals surface area contributed by atoms with E-state index in [0.717, 1.165) is 0 Å². The molecule has 1 aromatic heterocycles. The fraction of sp³-hybridized carbons (Fsp3) is 0.450. The molecule has 4 heteroatoms. The molecule has 0 aliphatic rings. The zero-order chi connectivity index (χ0) is 18.1. The van der Waals surface area contributed by atoms with E-state index in [1.165, 1.54) is 12.1 Å². The van der Waals surface area contributed by atoms with Crippen molar-refractivity contribution in [2.75, 3.05) is 0 Å². The second-order valence-electron chi connectivity index (χ2n) is 7.49. The van der Waals surface area contributed by atoms with Gasteiger partial charge in [0, 0.05) is 17.3 Å². The fourth-order valence-electron chi connectivity index (χ4n) is 4.43. The van der Waals surface area contributed by atoms with Crippen molar-refractivity contribution < 1.29 is 9.18 Å². The van der Waals surface area contributed by atoms with Gasteiger partial charge in [-0.15, -0.1) is 0 Å². The summed E-state index contributed by atoms with van der Waals surface area (Å²) < 4.78 is 15.4. The zero-order valence-electron chi connectivity index (χ0n) is 15.5. The molecule has 2 rings (SSSR count). The third kappa shape index (κ3) is 3.12. The van der Waals surface area contributed by atoms with Gasteiger partial charge in [0.1, 0.15) is 5.82 Å². The number of hydrogen-bond acceptors (Lipinski definition) is 1. The Hall–Kier alpha value is -1.68. The van der Waals surface area contributed by atoms with Gasteiger partial charge in [-0.1, -0.05) is 41.5 Å². The second-order valence-corrected chi connectivity index (χ2v) is 13.2. The van der Waals surface area contributed by atoms with Crippen LogP contribution in [0.25, 0.3) is 0 Å². The van der Waals surface area contributed by atoms with Crippen LogP contribution in [0.4, 0.5) is 4.39 Å². The number of halogens is 1. The Labute approximate surface area is 145 Å². The van der Waals surface area contributed by atoms with E-state index in [4.69, 9.17) is 0 Å². The minimum atomic E-state index is -1.83. The van der Waals surface area contributed by atoms with Gasteiger partial charge in [0.2, 0.25) is 0 Å². The first kappa shape index (κ1) is 18.7. The number of ketones is 1. The van der Waals surface area contributed by atoms with Crippen molar-refractivity contribution >= 4 is 14.0 Å². The molecule has 0 fully saturated rings. The molecule has 0 radical (unpaired) electrons. The lowest BCUT2D eigenvalue weighted by Crippen LogP contribution is -2.51. The van der Waals surface area contributed by atoms with Gasteiger partial charge in [0.15, 0.2) is 14.0 Å². The van der Waals surface area contributed by atoms with Gasteiger partial charge < -0.3 is 4.23 Å². The van der Waals surface area contributed by atoms with Crippen LogP contribution in [-0.2, 0) is 0 Å². The minimum absolute atomic E-state index is 0.0482. The first-order valence-electron chi connectivity index (χ1n) is 8.70. The molecule has 0 bridgehead atoms. The highest BCUT2D eigenvalue weighted by molar-refractivity contribution is 6.82. The van der Waals surface area contributed by atoms with Crippen molar-refractivity contribution in [1.82, 2.24) is 4.23 Å². The van der Waals surface area contributed by atoms with Gasteiger partial charge in [-0.05, 0) is 53.2 Å². The van der Waals surface area contributed by atoms with Crippen LogP contribution >= 0.6 is 0 Å². The molecular formula is C20H28FNOSi. The van der Waals surface area contributed by atoms with Crippen LogP contribution in [0.1, 0.15) is 57.5 Å². The number of benzene rings is 1. The lowest BCUT2D eigenvalue weighted by Gasteiger charge is -2.44. The Balaban J connectivity index is 2.44. The normalized spacial score (nSPS) is 12.4. The molecule has 0 aliphatic carbocycles. The van der Waals surface area contributed by atoms with Gasteiger partial charge in [-0.2, -0.15) is 0 Å². The van der Waals surface area contributed by atoms with Crippen molar-refractivity contribution in [2.24, 2.45) is 0 Å². The van der Waals surface area contributed by atoms with Crippen LogP contribution in [0, 0.1) is 5.82 Å². The summed E-state index contributed by atoms with van der Waals surface area (Å²) in [6.07, 6.45) is 4.08. The number of hydrogen-bond donors (Lipinski definition) is 0. The predicted molar refractivity (Wildman–Crippen MR) is 101 cm³/mol. The van der Waals surface area contributed by atoms with Crippen molar-refractivity contribution in [3.05, 3.63) is 59.7 Å². The van der Waals surface area contributed by atoms with Gasteiger partial charge in [-0.25, -0.2) is 4.39 Å². The van der Waals surface area contributed by atoms with Crippen molar-refractivity contribution in [1.29, 1.82) is 0 Å². The van der Waals surface area contributed by atoms with Crippen LogP contribution in [0.5, 0.6) is 0 Å². The van der Waals surface area contributed by atoms with E-state index in [0.29, 0.717) is 27.8 Å². The van der Waals surface area contributed by atoms with E-state index < -0.39 is 8.24 Å². The third-order valence-electron chi connectivity index (χ3n) is 5.28. The number of aromatic nitrogens is 1. The summed E-state index contributed by atoms with van der Waals surface area (Å²) in [5.41, 5.74) is 2.91. The summed E-state index contributed by atoms with van der Waals surface area (Å²) in [7, 11) is -1.83. The van der Waals surface area contributed by atoms with Crippen LogP contribution in [0.15, 0.2) is 42.7 Å². The topological polar surface area (TPSA) is 22.0 Å². The van der Waals surface area contributed by atoms with Crippen LogP contribution < -0.4 is 0 Å². The summed E-state index contributed by atoms with van der Waals surface area (Å²) in [5.74, 6) is -0.372. The Kier molecular flexibility index (Phi) is 5.48. The summed E-state index contributed by atoms with van der Waals surface area (Å²) in [6, 6.07) is 7.67. The highest BCUT2D eigenvalue weighted by Gasteiger charge is 2.45. The largest absolute Gasteiger partial charge is 0.379 e. The monoisotopic (exact) mass is 345 g/mol. The highest BCUT2D eigenvalue weighted by Crippen LogP contribution is 2.42. The molecule has 130 valence electrons. The van der Waals surface area contributed by atoms with Gasteiger partial charge in [0.05, 0.1) is 0 Å². The first-order chi connectivity index (χ1) is 11.2. The molecule has 0 amide bonds. The molecule has 2 aromatic rings. The standard InChI is InChI=1S/C20H28FNOSi/c1-14(2)24(15(3)4,16(5)6)22-12-11-18(13-22)20(23)17-7-9-19(21)10-8-17/h7-16H,1-6H3. The molecule has 0 spiro atoms. The number of carbonyl (C=O) groups excluding carboxylic acids is 1. The van der Waals surface area contributed by atoms with E-state index in [2.05, 4.69) is 52.0 Å². The molecular weight excluding hydrogens is 317 g/mol. The second kappa shape index (κ2) is 7.05. The summed E-state index contributed by atoms with van der Waals surface area (Å²) in [4.78, 5) is 12.7. The van der Waals surface area contributed by atoms with Crippen molar-refractivity contribution in [3.8, 4) is 0 Å². The van der Waals surface area contributed by atoms with Crippen LogP contribution in [0.2, 0.25) is 16.6 Å². The molecule has 0 atom stereocenters. The summed E-state index contributed by atoms with van der Waals surface area (Å²) >= 11 is 0. The Morgan fingerprint density at radius 3 is 1.83 bits per heavy atom. The van der Waals surface area contributed by atoms with Gasteiger partial charge in [0.25, 0.3) is 0 Å². The van der Waals surface area contributed by atoms with Gasteiger partial charge in [-0.3, -0.25) is 4.79 Å². The fourth-order valence-corrected chi connectivity index (χ4v) is 10.9. The highest BCUT2D eigenvalue weighted by atomic mass is 28.3. The molecule has 0 unspecified atom stereocenters. The van der Waals surface area contributed by atoms with Crippen LogP contribution in [0.3, 0.4) is 0 Å². The SMILES string of the molecule is CC(C)[Si](C(C)C)(C(C)C)n1ccc(C(=O)c2ccc(F)cc2)c1. The molecule has 0 aliphatic heterocycles. The molecule has 1 heterocycles. The lowest BCUT2D eigenvalue weighted by molar-refractivity contribution is 0.103. The molecule has 1 aromatic carbocycles. The van der Waals surface area contributed by atoms with Crippen molar-refractivity contribution in [2.45, 2.75) is 58.2 Å². The summed E-state index contributed by atoms with van der Waals surface area (Å²) in [5, 5.41) is 0. The molecule has 2 nitrogen and oxygen atoms in total. The average Bonchev–Trinajstić information content (AvgIpc) is 2.96. The predicted octanol–water partition coefficient (Wildman–Crippen LogP) is 5.88. The van der Waals surface area contributed by atoms with Crippen LogP contribution in [-0.4, -0.2) is 18.3 Å². The van der Waals surface area contributed by atoms with E-state index in [9.17, 15) is 9.18 Å².